The Hall–Kier alpha value is -1.39. The van der Waals surface area contributed by atoms with Gasteiger partial charge in [-0.3, -0.25) is 4.68 Å². The first-order valence-electron chi connectivity index (χ1n) is 6.14. The van der Waals surface area contributed by atoms with Crippen molar-refractivity contribution in [3.8, 4) is 0 Å². The van der Waals surface area contributed by atoms with E-state index in [4.69, 9.17) is 11.6 Å². The molecule has 1 aromatic heterocycles. The van der Waals surface area contributed by atoms with Gasteiger partial charge in [0.05, 0.1) is 6.20 Å². The van der Waals surface area contributed by atoms with E-state index in [1.54, 1.807) is 6.07 Å². The van der Waals surface area contributed by atoms with Crippen LogP contribution in [0.25, 0.3) is 0 Å². The first-order chi connectivity index (χ1) is 8.97. The SMILES string of the molecule is Cc1c(C(C)NCc2cc(F)cc(Cl)c2)cnn1C. The van der Waals surface area contributed by atoms with Crippen LogP contribution in [-0.2, 0) is 13.6 Å². The number of nitrogens with zero attached hydrogens (tertiary/aromatic N) is 2. The molecule has 1 atom stereocenters. The number of hydrogen-bond donors (Lipinski definition) is 1. The van der Waals surface area contributed by atoms with Crippen LogP contribution < -0.4 is 5.32 Å². The van der Waals surface area contributed by atoms with Gasteiger partial charge in [0.25, 0.3) is 0 Å². The molecule has 0 aliphatic rings. The maximum atomic E-state index is 13.2. The Morgan fingerprint density at radius 1 is 1.42 bits per heavy atom. The van der Waals surface area contributed by atoms with Crippen LogP contribution in [0.5, 0.6) is 0 Å². The fraction of sp³-hybridized carbons (Fsp3) is 0.357. The minimum atomic E-state index is -0.311. The molecule has 0 amide bonds. The molecule has 1 heterocycles. The van der Waals surface area contributed by atoms with Crippen LogP contribution in [0, 0.1) is 12.7 Å². The van der Waals surface area contributed by atoms with Crippen LogP contribution in [-0.4, -0.2) is 9.78 Å². The van der Waals surface area contributed by atoms with Gasteiger partial charge in [0.15, 0.2) is 0 Å². The van der Waals surface area contributed by atoms with Crippen molar-refractivity contribution in [1.29, 1.82) is 0 Å². The van der Waals surface area contributed by atoms with Gasteiger partial charge < -0.3 is 5.32 Å². The molecule has 0 saturated carbocycles. The second kappa shape index (κ2) is 5.72. The van der Waals surface area contributed by atoms with E-state index in [2.05, 4.69) is 17.3 Å². The van der Waals surface area contributed by atoms with Crippen LogP contribution in [0.1, 0.15) is 29.8 Å². The number of aryl methyl sites for hydroxylation is 1. The van der Waals surface area contributed by atoms with Crippen LogP contribution in [0.4, 0.5) is 4.39 Å². The fourth-order valence-electron chi connectivity index (χ4n) is 2.03. The highest BCUT2D eigenvalue weighted by atomic mass is 35.5. The highest BCUT2D eigenvalue weighted by Gasteiger charge is 2.11. The van der Waals surface area contributed by atoms with Crippen molar-refractivity contribution >= 4 is 11.6 Å². The number of rotatable bonds is 4. The van der Waals surface area contributed by atoms with E-state index in [9.17, 15) is 4.39 Å². The van der Waals surface area contributed by atoms with Gasteiger partial charge in [-0.15, -0.1) is 0 Å². The minimum absolute atomic E-state index is 0.149. The molecule has 1 N–H and O–H groups in total. The van der Waals surface area contributed by atoms with E-state index in [1.807, 2.05) is 24.9 Å². The van der Waals surface area contributed by atoms with Gasteiger partial charge in [-0.2, -0.15) is 5.10 Å². The maximum Gasteiger partial charge on any atom is 0.125 e. The summed E-state index contributed by atoms with van der Waals surface area (Å²) in [7, 11) is 1.91. The summed E-state index contributed by atoms with van der Waals surface area (Å²) in [6.45, 7) is 4.65. The first kappa shape index (κ1) is 14.0. The summed E-state index contributed by atoms with van der Waals surface area (Å²) in [6.07, 6.45) is 1.85. The molecule has 0 aliphatic carbocycles. The molecule has 0 bridgehead atoms. The van der Waals surface area contributed by atoms with Crippen molar-refractivity contribution < 1.29 is 4.39 Å². The quantitative estimate of drug-likeness (QED) is 0.931. The number of halogens is 2. The first-order valence-corrected chi connectivity index (χ1v) is 6.52. The van der Waals surface area contributed by atoms with Crippen molar-refractivity contribution in [1.82, 2.24) is 15.1 Å². The highest BCUT2D eigenvalue weighted by molar-refractivity contribution is 6.30. The third-order valence-corrected chi connectivity index (χ3v) is 3.49. The molecular weight excluding hydrogens is 265 g/mol. The summed E-state index contributed by atoms with van der Waals surface area (Å²) >= 11 is 5.83. The lowest BCUT2D eigenvalue weighted by atomic mass is 10.1. The number of hydrogen-bond acceptors (Lipinski definition) is 2. The third kappa shape index (κ3) is 3.33. The molecule has 102 valence electrons. The van der Waals surface area contributed by atoms with Crippen molar-refractivity contribution in [2.24, 2.45) is 7.05 Å². The Morgan fingerprint density at radius 3 is 2.74 bits per heavy atom. The van der Waals surface area contributed by atoms with Gasteiger partial charge in [-0.05, 0) is 37.6 Å². The van der Waals surface area contributed by atoms with Gasteiger partial charge in [0, 0.05) is 35.9 Å². The Kier molecular flexibility index (Phi) is 4.22. The predicted octanol–water partition coefficient (Wildman–Crippen LogP) is 3.37. The van der Waals surface area contributed by atoms with Crippen molar-refractivity contribution in [2.75, 3.05) is 0 Å². The molecule has 2 aromatic rings. The average molecular weight is 282 g/mol. The highest BCUT2D eigenvalue weighted by Crippen LogP contribution is 2.18. The standard InChI is InChI=1S/C14H17ClFN3/c1-9(14-8-18-19(3)10(14)2)17-7-11-4-12(15)6-13(16)5-11/h4-6,8-9,17H,7H2,1-3H3. The van der Waals surface area contributed by atoms with Gasteiger partial charge in [0.1, 0.15) is 5.82 Å². The topological polar surface area (TPSA) is 29.9 Å². The van der Waals surface area contributed by atoms with E-state index < -0.39 is 0 Å². The number of benzene rings is 1. The Labute approximate surface area is 117 Å². The summed E-state index contributed by atoms with van der Waals surface area (Å²) in [5, 5.41) is 7.98. The summed E-state index contributed by atoms with van der Waals surface area (Å²) in [5.41, 5.74) is 3.10. The minimum Gasteiger partial charge on any atom is -0.306 e. The number of nitrogens with one attached hydrogen (secondary N) is 1. The second-order valence-electron chi connectivity index (χ2n) is 4.69. The lowest BCUT2D eigenvalue weighted by molar-refractivity contribution is 0.565. The lowest BCUT2D eigenvalue weighted by Crippen LogP contribution is -2.18. The van der Waals surface area contributed by atoms with Gasteiger partial charge >= 0.3 is 0 Å². The van der Waals surface area contributed by atoms with Crippen molar-refractivity contribution in [2.45, 2.75) is 26.4 Å². The largest absolute Gasteiger partial charge is 0.306 e. The van der Waals surface area contributed by atoms with Crippen LogP contribution in [0.3, 0.4) is 0 Å². The predicted molar refractivity (Wildman–Crippen MR) is 74.6 cm³/mol. The molecule has 0 aliphatic heterocycles. The molecule has 2 rings (SSSR count). The van der Waals surface area contributed by atoms with Gasteiger partial charge in [-0.1, -0.05) is 11.6 Å². The lowest BCUT2D eigenvalue weighted by Gasteiger charge is -2.14. The Bertz CT molecular complexity index is 560. The Balaban J connectivity index is 2.04. The molecule has 19 heavy (non-hydrogen) atoms. The molecule has 0 saturated heterocycles. The van der Waals surface area contributed by atoms with E-state index in [0.29, 0.717) is 11.6 Å². The third-order valence-electron chi connectivity index (χ3n) is 3.27. The van der Waals surface area contributed by atoms with E-state index in [-0.39, 0.29) is 11.9 Å². The molecular formula is C14H17ClFN3. The average Bonchev–Trinajstić information content (AvgIpc) is 2.66. The van der Waals surface area contributed by atoms with Crippen molar-refractivity contribution in [3.05, 3.63) is 52.1 Å². The van der Waals surface area contributed by atoms with Crippen LogP contribution in [0.2, 0.25) is 5.02 Å². The zero-order chi connectivity index (χ0) is 14.0. The van der Waals surface area contributed by atoms with Gasteiger partial charge in [0.2, 0.25) is 0 Å². The molecule has 1 aromatic carbocycles. The maximum absolute atomic E-state index is 13.2. The zero-order valence-corrected chi connectivity index (χ0v) is 12.0. The molecule has 1 unspecified atom stereocenters. The number of aromatic nitrogens is 2. The Morgan fingerprint density at radius 2 is 2.16 bits per heavy atom. The van der Waals surface area contributed by atoms with Crippen LogP contribution >= 0.6 is 11.6 Å². The summed E-state index contributed by atoms with van der Waals surface area (Å²) in [4.78, 5) is 0. The molecule has 3 nitrogen and oxygen atoms in total. The second-order valence-corrected chi connectivity index (χ2v) is 5.13. The van der Waals surface area contributed by atoms with Crippen LogP contribution in [0.15, 0.2) is 24.4 Å². The molecule has 0 fully saturated rings. The van der Waals surface area contributed by atoms with E-state index in [1.165, 1.54) is 12.1 Å². The normalized spacial score (nSPS) is 12.7. The van der Waals surface area contributed by atoms with E-state index in [0.717, 1.165) is 16.8 Å². The molecule has 0 radical (unpaired) electrons. The van der Waals surface area contributed by atoms with Crippen molar-refractivity contribution in [3.63, 3.8) is 0 Å². The zero-order valence-electron chi connectivity index (χ0n) is 11.2. The van der Waals surface area contributed by atoms with E-state index >= 15 is 0 Å². The summed E-state index contributed by atoms with van der Waals surface area (Å²) < 4.78 is 15.1. The van der Waals surface area contributed by atoms with Gasteiger partial charge in [-0.25, -0.2) is 4.39 Å². The fourth-order valence-corrected chi connectivity index (χ4v) is 2.28. The summed E-state index contributed by atoms with van der Waals surface area (Å²) in [6, 6.07) is 4.71. The smallest absolute Gasteiger partial charge is 0.125 e. The monoisotopic (exact) mass is 281 g/mol. The molecule has 5 heteroatoms. The summed E-state index contributed by atoms with van der Waals surface area (Å²) in [5.74, 6) is -0.311. The molecule has 0 spiro atoms.